The van der Waals surface area contributed by atoms with E-state index in [1.165, 1.54) is 38.9 Å². The second-order valence-electron chi connectivity index (χ2n) is 3.47. The van der Waals surface area contributed by atoms with Gasteiger partial charge in [0.15, 0.2) is 0 Å². The lowest BCUT2D eigenvalue weighted by Crippen LogP contribution is -1.98. The zero-order valence-electron chi connectivity index (χ0n) is 11.3. The van der Waals surface area contributed by atoms with Crippen molar-refractivity contribution in [2.75, 3.05) is 25.7 Å². The summed E-state index contributed by atoms with van der Waals surface area (Å²) in [5.41, 5.74) is 11.4. The van der Waals surface area contributed by atoms with Crippen LogP contribution in [0.2, 0.25) is 0 Å². The molecule has 0 aromatic carbocycles. The highest BCUT2D eigenvalue weighted by atomic mass is 35.5. The van der Waals surface area contributed by atoms with E-state index >= 15 is 0 Å². The lowest BCUT2D eigenvalue weighted by Gasteiger charge is -1.89. The molecule has 0 aliphatic rings. The van der Waals surface area contributed by atoms with Gasteiger partial charge < -0.3 is 29.8 Å². The van der Waals surface area contributed by atoms with Crippen molar-refractivity contribution in [3.8, 4) is 0 Å². The summed E-state index contributed by atoms with van der Waals surface area (Å²) in [5.74, 6) is -0.784. The zero-order valence-corrected chi connectivity index (χ0v) is 12.1. The first-order chi connectivity index (χ1) is 9.47. The van der Waals surface area contributed by atoms with Crippen LogP contribution in [0.25, 0.3) is 0 Å². The monoisotopic (exact) mass is 318 g/mol. The van der Waals surface area contributed by atoms with Gasteiger partial charge in [-0.2, -0.15) is 0 Å². The van der Waals surface area contributed by atoms with Crippen LogP contribution < -0.4 is 11.5 Å². The van der Waals surface area contributed by atoms with Crippen molar-refractivity contribution in [3.63, 3.8) is 0 Å². The van der Waals surface area contributed by atoms with Crippen LogP contribution in [0.1, 0.15) is 21.1 Å². The van der Waals surface area contributed by atoms with E-state index in [9.17, 15) is 9.59 Å². The number of hydrogen-bond donors (Lipinski definition) is 2. The Bertz CT molecular complexity index is 540. The van der Waals surface area contributed by atoms with Crippen LogP contribution in [0.5, 0.6) is 0 Å². The van der Waals surface area contributed by atoms with Gasteiger partial charge in [0, 0.05) is 12.1 Å². The number of nitrogens with two attached hydrogens (primary N) is 2. The fraction of sp³-hybridized carbons (Fsp3) is 0.167. The second-order valence-corrected chi connectivity index (χ2v) is 3.47. The standard InChI is InChI=1S/2C6H7NO3.ClH/c2*1-9-6(8)5-2-4(7)3-10-5;/h2*2-3H,7H2,1H3;1H. The topological polar surface area (TPSA) is 131 Å². The molecule has 8 nitrogen and oxygen atoms in total. The van der Waals surface area contributed by atoms with Gasteiger partial charge in [-0.15, -0.1) is 12.4 Å². The van der Waals surface area contributed by atoms with Gasteiger partial charge in [-0.3, -0.25) is 0 Å². The molecule has 21 heavy (non-hydrogen) atoms. The van der Waals surface area contributed by atoms with E-state index in [1.807, 2.05) is 0 Å². The Morgan fingerprint density at radius 2 is 1.24 bits per heavy atom. The molecule has 4 N–H and O–H groups in total. The number of anilines is 2. The number of rotatable bonds is 2. The largest absolute Gasteiger partial charge is 0.463 e. The van der Waals surface area contributed by atoms with E-state index in [1.54, 1.807) is 0 Å². The Kier molecular flexibility index (Phi) is 7.48. The minimum absolute atomic E-state index is 0. The molecule has 2 rings (SSSR count). The van der Waals surface area contributed by atoms with Crippen molar-refractivity contribution in [2.24, 2.45) is 0 Å². The third kappa shape index (κ3) is 5.49. The van der Waals surface area contributed by atoms with Gasteiger partial charge in [0.1, 0.15) is 12.5 Å². The zero-order chi connectivity index (χ0) is 15.1. The highest BCUT2D eigenvalue weighted by Gasteiger charge is 2.09. The summed E-state index contributed by atoms with van der Waals surface area (Å²) in [4.78, 5) is 21.3. The molecule has 0 amide bonds. The number of furan rings is 2. The maximum absolute atomic E-state index is 10.7. The summed E-state index contributed by atoms with van der Waals surface area (Å²) in [6.07, 6.45) is 2.57. The van der Waals surface area contributed by atoms with Crippen molar-refractivity contribution >= 4 is 35.7 Å². The smallest absolute Gasteiger partial charge is 0.374 e. The fourth-order valence-corrected chi connectivity index (χ4v) is 1.12. The van der Waals surface area contributed by atoms with Crippen LogP contribution >= 0.6 is 12.4 Å². The minimum atomic E-state index is -0.517. The fourth-order valence-electron chi connectivity index (χ4n) is 1.12. The lowest BCUT2D eigenvalue weighted by atomic mass is 10.4. The maximum atomic E-state index is 10.7. The van der Waals surface area contributed by atoms with Crippen molar-refractivity contribution in [2.45, 2.75) is 0 Å². The molecule has 0 aliphatic carbocycles. The van der Waals surface area contributed by atoms with Crippen LogP contribution in [-0.4, -0.2) is 26.2 Å². The maximum Gasteiger partial charge on any atom is 0.374 e. The van der Waals surface area contributed by atoms with E-state index in [4.69, 9.17) is 20.3 Å². The van der Waals surface area contributed by atoms with Crippen molar-refractivity contribution in [3.05, 3.63) is 36.2 Å². The summed E-state index contributed by atoms with van der Waals surface area (Å²) >= 11 is 0. The third-order valence-corrected chi connectivity index (χ3v) is 2.01. The van der Waals surface area contributed by atoms with E-state index in [2.05, 4.69) is 9.47 Å². The molecular weight excluding hydrogens is 304 g/mol. The van der Waals surface area contributed by atoms with Crippen LogP contribution in [0.15, 0.2) is 33.5 Å². The molecule has 116 valence electrons. The van der Waals surface area contributed by atoms with Crippen molar-refractivity contribution in [1.29, 1.82) is 0 Å². The normalized spacial score (nSPS) is 8.86. The number of methoxy groups -OCH3 is 2. The van der Waals surface area contributed by atoms with Gasteiger partial charge in [-0.05, 0) is 0 Å². The van der Waals surface area contributed by atoms with E-state index in [0.29, 0.717) is 11.4 Å². The highest BCUT2D eigenvalue weighted by molar-refractivity contribution is 5.87. The van der Waals surface area contributed by atoms with Crippen LogP contribution in [0, 0.1) is 0 Å². The first-order valence-corrected chi connectivity index (χ1v) is 5.32. The number of ether oxygens (including phenoxy) is 2. The predicted molar refractivity (Wildman–Crippen MR) is 76.2 cm³/mol. The minimum Gasteiger partial charge on any atom is -0.463 e. The molecule has 0 saturated heterocycles. The Morgan fingerprint density at radius 3 is 1.43 bits per heavy atom. The van der Waals surface area contributed by atoms with E-state index in [-0.39, 0.29) is 23.9 Å². The number of hydrogen-bond acceptors (Lipinski definition) is 8. The number of esters is 2. The molecule has 0 bridgehead atoms. The summed E-state index contributed by atoms with van der Waals surface area (Å²) in [6, 6.07) is 2.82. The Balaban J connectivity index is 0.000000364. The van der Waals surface area contributed by atoms with Gasteiger partial charge in [-0.1, -0.05) is 0 Å². The Morgan fingerprint density at radius 1 is 0.905 bits per heavy atom. The summed E-state index contributed by atoms with van der Waals surface area (Å²) in [6.45, 7) is 0. The number of carbonyl (C=O) groups excluding carboxylic acids is 2. The molecule has 0 spiro atoms. The van der Waals surface area contributed by atoms with Crippen molar-refractivity contribution < 1.29 is 27.9 Å². The first kappa shape index (κ1) is 18.4. The quantitative estimate of drug-likeness (QED) is 0.800. The first-order valence-electron chi connectivity index (χ1n) is 5.32. The van der Waals surface area contributed by atoms with Crippen LogP contribution in [0.3, 0.4) is 0 Å². The SMILES string of the molecule is COC(=O)c1cc(N)co1.COC(=O)c1cc(N)co1.Cl. The number of carbonyl (C=O) groups is 2. The molecule has 0 radical (unpaired) electrons. The lowest BCUT2D eigenvalue weighted by molar-refractivity contribution is 0.0557. The molecule has 0 saturated carbocycles. The average molecular weight is 319 g/mol. The van der Waals surface area contributed by atoms with E-state index < -0.39 is 11.9 Å². The Hall–Kier alpha value is -2.61. The summed E-state index contributed by atoms with van der Waals surface area (Å²) in [5, 5.41) is 0. The molecular formula is C12H15ClN2O6. The molecule has 2 aromatic rings. The summed E-state index contributed by atoms with van der Waals surface area (Å²) in [7, 11) is 2.56. The predicted octanol–water partition coefficient (Wildman–Crippen LogP) is 1.72. The highest BCUT2D eigenvalue weighted by Crippen LogP contribution is 2.10. The van der Waals surface area contributed by atoms with E-state index in [0.717, 1.165) is 0 Å². The summed E-state index contributed by atoms with van der Waals surface area (Å²) < 4.78 is 18.2. The van der Waals surface area contributed by atoms with Gasteiger partial charge >= 0.3 is 11.9 Å². The van der Waals surface area contributed by atoms with Crippen molar-refractivity contribution in [1.82, 2.24) is 0 Å². The second kappa shape index (κ2) is 8.54. The van der Waals surface area contributed by atoms with Gasteiger partial charge in [0.05, 0.1) is 25.6 Å². The Labute approximate surface area is 126 Å². The average Bonchev–Trinajstić information content (AvgIpc) is 3.06. The molecule has 0 unspecified atom stereocenters. The molecule has 0 atom stereocenters. The number of nitrogen functional groups attached to an aromatic ring is 2. The third-order valence-electron chi connectivity index (χ3n) is 2.01. The molecule has 0 aliphatic heterocycles. The molecule has 2 heterocycles. The molecule has 0 fully saturated rings. The van der Waals surface area contributed by atoms with Gasteiger partial charge in [-0.25, -0.2) is 9.59 Å². The van der Waals surface area contributed by atoms with Gasteiger partial charge in [0.2, 0.25) is 11.5 Å². The van der Waals surface area contributed by atoms with Crippen LogP contribution in [-0.2, 0) is 9.47 Å². The number of halogens is 1. The molecule has 9 heteroatoms. The molecule has 2 aromatic heterocycles. The van der Waals surface area contributed by atoms with Gasteiger partial charge in [0.25, 0.3) is 0 Å². The van der Waals surface area contributed by atoms with Crippen LogP contribution in [0.4, 0.5) is 11.4 Å².